The molecular formula is C5H6O. The molecule has 0 N–H and O–H groups in total. The molecule has 1 heteroatoms. The van der Waals surface area contributed by atoms with E-state index in [1.807, 2.05) is 0 Å². The van der Waals surface area contributed by atoms with Crippen LogP contribution < -0.4 is 0 Å². The maximum Gasteiger partial charge on any atom is 0.103 e. The van der Waals surface area contributed by atoms with Gasteiger partial charge in [0.1, 0.15) is 6.10 Å². The van der Waals surface area contributed by atoms with E-state index >= 15 is 0 Å². The molecule has 0 saturated carbocycles. The third-order valence-electron chi connectivity index (χ3n) is 1.32. The lowest BCUT2D eigenvalue weighted by atomic mass is 10.4. The maximum absolute atomic E-state index is 5.07. The number of hydrogen-bond donors (Lipinski definition) is 0. The fourth-order valence-electron chi connectivity index (χ4n) is 0.862. The summed E-state index contributed by atoms with van der Waals surface area (Å²) in [5, 5.41) is 0. The van der Waals surface area contributed by atoms with Crippen LogP contribution in [0, 0.1) is 0 Å². The van der Waals surface area contributed by atoms with Gasteiger partial charge in [0.15, 0.2) is 0 Å². The Bertz CT molecular complexity index is 96.1. The summed E-state index contributed by atoms with van der Waals surface area (Å²) in [7, 11) is 0. The second-order valence-electron chi connectivity index (χ2n) is 1.80. The minimum absolute atomic E-state index is 0.532. The van der Waals surface area contributed by atoms with Crippen LogP contribution in [0.3, 0.4) is 0 Å². The van der Waals surface area contributed by atoms with Crippen molar-refractivity contribution in [3.8, 4) is 0 Å². The van der Waals surface area contributed by atoms with Gasteiger partial charge >= 0.3 is 0 Å². The van der Waals surface area contributed by atoms with E-state index in [0.717, 1.165) is 6.42 Å². The van der Waals surface area contributed by atoms with Crippen LogP contribution in [0.1, 0.15) is 6.42 Å². The second kappa shape index (κ2) is 0.684. The minimum atomic E-state index is 0.532. The number of fused-ring (bicyclic) bond motifs is 1. The lowest BCUT2D eigenvalue weighted by Crippen LogP contribution is -1.75. The first-order chi connectivity index (χ1) is 2.97. The van der Waals surface area contributed by atoms with E-state index in [2.05, 4.69) is 12.2 Å². The Morgan fingerprint density at radius 1 is 1.67 bits per heavy atom. The van der Waals surface area contributed by atoms with E-state index in [4.69, 9.17) is 4.74 Å². The van der Waals surface area contributed by atoms with Crippen molar-refractivity contribution in [2.24, 2.45) is 0 Å². The first kappa shape index (κ1) is 2.80. The van der Waals surface area contributed by atoms with Gasteiger partial charge in [-0.1, -0.05) is 12.2 Å². The highest BCUT2D eigenvalue weighted by molar-refractivity contribution is 5.12. The molecule has 1 aliphatic carbocycles. The Morgan fingerprint density at radius 2 is 2.67 bits per heavy atom. The Kier molecular flexibility index (Phi) is 0.320. The summed E-state index contributed by atoms with van der Waals surface area (Å²) in [5.74, 6) is 0. The van der Waals surface area contributed by atoms with Crippen LogP contribution in [0.5, 0.6) is 0 Å². The molecule has 0 aromatic rings. The van der Waals surface area contributed by atoms with Crippen molar-refractivity contribution in [3.05, 3.63) is 12.2 Å². The Labute approximate surface area is 36.6 Å². The summed E-state index contributed by atoms with van der Waals surface area (Å²) in [6.07, 6.45) is 6.60. The van der Waals surface area contributed by atoms with Gasteiger partial charge < -0.3 is 4.74 Å². The normalized spacial score (nSPS) is 49.3. The van der Waals surface area contributed by atoms with E-state index in [0.29, 0.717) is 12.2 Å². The van der Waals surface area contributed by atoms with Gasteiger partial charge in [0.2, 0.25) is 0 Å². The molecule has 2 aliphatic rings. The fraction of sp³-hybridized carbons (Fsp3) is 0.600. The molecule has 0 spiro atoms. The lowest BCUT2D eigenvalue weighted by Gasteiger charge is -1.71. The molecule has 0 amide bonds. The van der Waals surface area contributed by atoms with Crippen molar-refractivity contribution >= 4 is 0 Å². The fourth-order valence-corrected chi connectivity index (χ4v) is 0.862. The number of rotatable bonds is 0. The molecule has 6 heavy (non-hydrogen) atoms. The molecule has 0 radical (unpaired) electrons. The van der Waals surface area contributed by atoms with Crippen molar-refractivity contribution in [1.82, 2.24) is 0 Å². The molecule has 32 valence electrons. The molecule has 0 unspecified atom stereocenters. The van der Waals surface area contributed by atoms with E-state index in [9.17, 15) is 0 Å². The predicted octanol–water partition coefficient (Wildman–Crippen LogP) is 0.714. The van der Waals surface area contributed by atoms with Crippen molar-refractivity contribution < 1.29 is 4.74 Å². The largest absolute Gasteiger partial charge is 0.365 e. The Hall–Kier alpha value is -0.300. The summed E-state index contributed by atoms with van der Waals surface area (Å²) in [6.45, 7) is 0. The zero-order valence-electron chi connectivity index (χ0n) is 3.42. The summed E-state index contributed by atoms with van der Waals surface area (Å²) in [6, 6.07) is 0. The van der Waals surface area contributed by atoms with E-state index in [-0.39, 0.29) is 0 Å². The van der Waals surface area contributed by atoms with Crippen LogP contribution in [0.2, 0.25) is 0 Å². The monoisotopic (exact) mass is 82.0 g/mol. The summed E-state index contributed by atoms with van der Waals surface area (Å²) >= 11 is 0. The number of ether oxygens (including phenoxy) is 1. The highest BCUT2D eigenvalue weighted by Gasteiger charge is 2.38. The van der Waals surface area contributed by atoms with Gasteiger partial charge in [-0.15, -0.1) is 0 Å². The van der Waals surface area contributed by atoms with Gasteiger partial charge in [0.05, 0.1) is 6.10 Å². The van der Waals surface area contributed by atoms with Gasteiger partial charge in [-0.3, -0.25) is 0 Å². The molecule has 1 fully saturated rings. The second-order valence-corrected chi connectivity index (χ2v) is 1.80. The average molecular weight is 82.1 g/mol. The zero-order valence-corrected chi connectivity index (χ0v) is 3.42. The molecule has 0 bridgehead atoms. The molecule has 1 nitrogen and oxygen atoms in total. The number of hydrogen-bond acceptors (Lipinski definition) is 1. The van der Waals surface area contributed by atoms with Crippen LogP contribution in [0.25, 0.3) is 0 Å². The molecule has 1 saturated heterocycles. The zero-order chi connectivity index (χ0) is 3.98. The highest BCUT2D eigenvalue weighted by Crippen LogP contribution is 2.31. The van der Waals surface area contributed by atoms with Gasteiger partial charge in [0, 0.05) is 0 Å². The molecule has 1 aliphatic heterocycles. The van der Waals surface area contributed by atoms with E-state index in [1.165, 1.54) is 0 Å². The maximum atomic E-state index is 5.07. The quantitative estimate of drug-likeness (QED) is 0.310. The van der Waals surface area contributed by atoms with Crippen LogP contribution in [-0.4, -0.2) is 12.2 Å². The van der Waals surface area contributed by atoms with E-state index in [1.54, 1.807) is 0 Å². The molecule has 2 atom stereocenters. The summed E-state index contributed by atoms with van der Waals surface area (Å²) < 4.78 is 5.07. The molecule has 1 heterocycles. The average Bonchev–Trinajstić information content (AvgIpc) is 2.17. The van der Waals surface area contributed by atoms with Gasteiger partial charge in [-0.05, 0) is 6.42 Å². The lowest BCUT2D eigenvalue weighted by molar-refractivity contribution is 0.382. The van der Waals surface area contributed by atoms with Crippen molar-refractivity contribution in [2.45, 2.75) is 18.6 Å². The third kappa shape index (κ3) is 0.197. The van der Waals surface area contributed by atoms with Crippen LogP contribution >= 0.6 is 0 Å². The highest BCUT2D eigenvalue weighted by atomic mass is 16.6. The molecular weight excluding hydrogens is 76.1 g/mol. The topological polar surface area (TPSA) is 12.5 Å². The van der Waals surface area contributed by atoms with Crippen LogP contribution in [0.15, 0.2) is 12.2 Å². The van der Waals surface area contributed by atoms with Crippen LogP contribution in [-0.2, 0) is 4.74 Å². The van der Waals surface area contributed by atoms with Crippen molar-refractivity contribution in [1.29, 1.82) is 0 Å². The Morgan fingerprint density at radius 3 is 2.83 bits per heavy atom. The standard InChI is InChI=1S/C5H6O/c1-2-4-5(3-1)6-4/h1-2,4-5H,3H2/t4-,5+/m1/s1. The SMILES string of the molecule is C1=C[C@H]2O[C@H]2C1. The van der Waals surface area contributed by atoms with Crippen molar-refractivity contribution in [3.63, 3.8) is 0 Å². The van der Waals surface area contributed by atoms with Gasteiger partial charge in [-0.25, -0.2) is 0 Å². The molecule has 0 aromatic carbocycles. The number of epoxide rings is 1. The first-order valence-electron chi connectivity index (χ1n) is 2.29. The predicted molar refractivity (Wildman–Crippen MR) is 22.4 cm³/mol. The molecule has 2 rings (SSSR count). The molecule has 0 aromatic heterocycles. The van der Waals surface area contributed by atoms with Crippen LogP contribution in [0.4, 0.5) is 0 Å². The summed E-state index contributed by atoms with van der Waals surface area (Å²) in [5.41, 5.74) is 0. The first-order valence-corrected chi connectivity index (χ1v) is 2.29. The summed E-state index contributed by atoms with van der Waals surface area (Å²) in [4.78, 5) is 0. The van der Waals surface area contributed by atoms with Crippen molar-refractivity contribution in [2.75, 3.05) is 0 Å². The van der Waals surface area contributed by atoms with Gasteiger partial charge in [-0.2, -0.15) is 0 Å². The smallest absolute Gasteiger partial charge is 0.103 e. The third-order valence-corrected chi connectivity index (χ3v) is 1.32. The van der Waals surface area contributed by atoms with E-state index < -0.39 is 0 Å². The minimum Gasteiger partial charge on any atom is -0.365 e. The Balaban J connectivity index is 2.26. The van der Waals surface area contributed by atoms with Gasteiger partial charge in [0.25, 0.3) is 0 Å².